The summed E-state index contributed by atoms with van der Waals surface area (Å²) in [4.78, 5) is 20.7. The number of ether oxygens (including phenoxy) is 1. The van der Waals surface area contributed by atoms with E-state index in [1.807, 2.05) is 33.2 Å². The van der Waals surface area contributed by atoms with E-state index in [2.05, 4.69) is 20.1 Å². The normalized spacial score (nSPS) is 19.0. The second kappa shape index (κ2) is 11.4. The number of guanidine groups is 1. The maximum Gasteiger partial charge on any atom is 0.310 e. The van der Waals surface area contributed by atoms with Gasteiger partial charge < -0.3 is 19.4 Å². The highest BCUT2D eigenvalue weighted by atomic mass is 127. The third kappa shape index (κ3) is 6.15. The minimum Gasteiger partial charge on any atom is -0.468 e. The van der Waals surface area contributed by atoms with Gasteiger partial charge in [0, 0.05) is 26.7 Å². The summed E-state index contributed by atoms with van der Waals surface area (Å²) in [6.45, 7) is 4.48. The molecule has 1 aromatic rings. The molecule has 2 atom stereocenters. The van der Waals surface area contributed by atoms with Crippen LogP contribution in [0.15, 0.2) is 27.8 Å². The Hall–Kier alpha value is -1.29. The van der Waals surface area contributed by atoms with Crippen molar-refractivity contribution in [3.8, 4) is 0 Å². The zero-order valence-corrected chi connectivity index (χ0v) is 18.4. The van der Waals surface area contributed by atoms with Crippen LogP contribution in [0.1, 0.15) is 31.6 Å². The minimum absolute atomic E-state index is 0. The largest absolute Gasteiger partial charge is 0.468 e. The Balaban J connectivity index is 0.00000338. The lowest BCUT2D eigenvalue weighted by Gasteiger charge is -2.34. The van der Waals surface area contributed by atoms with Crippen molar-refractivity contribution in [1.29, 1.82) is 0 Å². The molecule has 0 aliphatic carbocycles. The number of carbonyl (C=O) groups excluding carboxylic acids is 1. The van der Waals surface area contributed by atoms with Gasteiger partial charge in [-0.3, -0.25) is 14.7 Å². The van der Waals surface area contributed by atoms with Crippen molar-refractivity contribution in [3.05, 3.63) is 24.2 Å². The molecule has 0 spiro atoms. The molecule has 2 rings (SSSR count). The van der Waals surface area contributed by atoms with Gasteiger partial charge in [-0.05, 0) is 46.0 Å². The van der Waals surface area contributed by atoms with E-state index in [0.717, 1.165) is 31.1 Å². The first-order valence-electron chi connectivity index (χ1n) is 8.88. The molecule has 0 radical (unpaired) electrons. The van der Waals surface area contributed by atoms with Crippen LogP contribution in [-0.2, 0) is 9.53 Å². The predicted octanol–water partition coefficient (Wildman–Crippen LogP) is 2.35. The molecule has 8 heteroatoms. The van der Waals surface area contributed by atoms with Crippen molar-refractivity contribution in [2.24, 2.45) is 10.9 Å². The molecule has 2 unspecified atom stereocenters. The van der Waals surface area contributed by atoms with E-state index in [9.17, 15) is 4.79 Å². The van der Waals surface area contributed by atoms with Gasteiger partial charge in [-0.2, -0.15) is 0 Å². The second-order valence-electron chi connectivity index (χ2n) is 6.46. The number of aliphatic imine (C=N–C) groups is 1. The highest BCUT2D eigenvalue weighted by molar-refractivity contribution is 14.0. The first kappa shape index (κ1) is 22.8. The number of carbonyl (C=O) groups is 1. The van der Waals surface area contributed by atoms with Crippen LogP contribution in [-0.4, -0.2) is 69.1 Å². The summed E-state index contributed by atoms with van der Waals surface area (Å²) in [6.07, 6.45) is 3.52. The summed E-state index contributed by atoms with van der Waals surface area (Å²) < 4.78 is 10.7. The van der Waals surface area contributed by atoms with Gasteiger partial charge >= 0.3 is 5.97 Å². The van der Waals surface area contributed by atoms with E-state index >= 15 is 0 Å². The van der Waals surface area contributed by atoms with Crippen LogP contribution in [0.3, 0.4) is 0 Å². The average molecular weight is 478 g/mol. The SMILES string of the molecule is CCOC(=O)C1CCCN(C(=NC)NCC(c2ccco2)N(C)C)C1.I. The molecule has 2 heterocycles. The number of nitrogens with one attached hydrogen (secondary N) is 1. The minimum atomic E-state index is -0.107. The fraction of sp³-hybridized carbons (Fsp3) is 0.667. The van der Waals surface area contributed by atoms with Crippen LogP contribution in [0, 0.1) is 5.92 Å². The van der Waals surface area contributed by atoms with Gasteiger partial charge in [0.1, 0.15) is 5.76 Å². The van der Waals surface area contributed by atoms with Crippen molar-refractivity contribution < 1.29 is 13.9 Å². The molecular weight excluding hydrogens is 447 g/mol. The fourth-order valence-electron chi connectivity index (χ4n) is 3.16. The topological polar surface area (TPSA) is 70.3 Å². The van der Waals surface area contributed by atoms with E-state index in [4.69, 9.17) is 9.15 Å². The molecule has 7 nitrogen and oxygen atoms in total. The Morgan fingerprint density at radius 3 is 2.88 bits per heavy atom. The lowest BCUT2D eigenvalue weighted by Crippen LogP contribution is -2.49. The quantitative estimate of drug-likeness (QED) is 0.293. The van der Waals surface area contributed by atoms with Gasteiger partial charge in [0.25, 0.3) is 0 Å². The van der Waals surface area contributed by atoms with Gasteiger partial charge in [-0.1, -0.05) is 0 Å². The highest BCUT2D eigenvalue weighted by Crippen LogP contribution is 2.20. The molecule has 1 aromatic heterocycles. The van der Waals surface area contributed by atoms with Crippen LogP contribution in [0.25, 0.3) is 0 Å². The standard InChI is InChI=1S/C18H30N4O3.HI/c1-5-24-17(23)14-8-6-10-22(13-14)18(19-2)20-12-15(21(3)4)16-9-7-11-25-16;/h7,9,11,14-15H,5-6,8,10,12-13H2,1-4H3,(H,19,20);1H. The summed E-state index contributed by atoms with van der Waals surface area (Å²) in [7, 11) is 5.82. The third-order valence-corrected chi connectivity index (χ3v) is 4.50. The zero-order valence-electron chi connectivity index (χ0n) is 16.1. The second-order valence-corrected chi connectivity index (χ2v) is 6.46. The third-order valence-electron chi connectivity index (χ3n) is 4.50. The number of rotatable bonds is 6. The molecule has 0 saturated carbocycles. The maximum absolute atomic E-state index is 12.0. The van der Waals surface area contributed by atoms with Crippen LogP contribution in [0.4, 0.5) is 0 Å². The summed E-state index contributed by atoms with van der Waals surface area (Å²) in [5.74, 6) is 1.54. The molecule has 1 aliphatic heterocycles. The molecule has 0 aromatic carbocycles. The molecule has 1 N–H and O–H groups in total. The van der Waals surface area contributed by atoms with Gasteiger partial charge in [0.2, 0.25) is 0 Å². The highest BCUT2D eigenvalue weighted by Gasteiger charge is 2.29. The number of piperidine rings is 1. The molecule has 1 saturated heterocycles. The van der Waals surface area contributed by atoms with Gasteiger partial charge in [0.15, 0.2) is 5.96 Å². The number of likely N-dealkylation sites (N-methyl/N-ethyl adjacent to an activating group) is 1. The summed E-state index contributed by atoms with van der Waals surface area (Å²) in [5.41, 5.74) is 0. The monoisotopic (exact) mass is 478 g/mol. The number of hydrogen-bond donors (Lipinski definition) is 1. The number of esters is 1. The molecule has 148 valence electrons. The molecule has 26 heavy (non-hydrogen) atoms. The summed E-state index contributed by atoms with van der Waals surface area (Å²) in [5, 5.41) is 3.42. The molecule has 1 fully saturated rings. The van der Waals surface area contributed by atoms with Crippen molar-refractivity contribution >= 4 is 35.9 Å². The zero-order chi connectivity index (χ0) is 18.2. The lowest BCUT2D eigenvalue weighted by atomic mass is 9.98. The smallest absolute Gasteiger partial charge is 0.310 e. The maximum atomic E-state index is 12.0. The van der Waals surface area contributed by atoms with Gasteiger partial charge in [-0.25, -0.2) is 0 Å². The van der Waals surface area contributed by atoms with Crippen LogP contribution in [0.2, 0.25) is 0 Å². The van der Waals surface area contributed by atoms with Crippen molar-refractivity contribution in [3.63, 3.8) is 0 Å². The first-order chi connectivity index (χ1) is 12.1. The average Bonchev–Trinajstić information content (AvgIpc) is 3.13. The summed E-state index contributed by atoms with van der Waals surface area (Å²) in [6, 6.07) is 3.99. The molecule has 0 bridgehead atoms. The number of likely N-dealkylation sites (tertiary alicyclic amines) is 1. The number of furan rings is 1. The molecule has 1 aliphatic rings. The van der Waals surface area contributed by atoms with Crippen molar-refractivity contribution in [1.82, 2.24) is 15.1 Å². The van der Waals surface area contributed by atoms with E-state index in [1.165, 1.54) is 0 Å². The Morgan fingerprint density at radius 1 is 1.54 bits per heavy atom. The van der Waals surface area contributed by atoms with Crippen LogP contribution in [0.5, 0.6) is 0 Å². The number of halogens is 1. The molecular formula is C18H31IN4O3. The fourth-order valence-corrected chi connectivity index (χ4v) is 3.16. The van der Waals surface area contributed by atoms with Crippen LogP contribution >= 0.6 is 24.0 Å². The first-order valence-corrected chi connectivity index (χ1v) is 8.88. The van der Waals surface area contributed by atoms with E-state index in [0.29, 0.717) is 19.7 Å². The van der Waals surface area contributed by atoms with Gasteiger partial charge in [-0.15, -0.1) is 24.0 Å². The van der Waals surface area contributed by atoms with Gasteiger partial charge in [0.05, 0.1) is 24.8 Å². The predicted molar refractivity (Wildman–Crippen MR) is 113 cm³/mol. The number of hydrogen-bond acceptors (Lipinski definition) is 5. The van der Waals surface area contributed by atoms with Crippen LogP contribution < -0.4 is 5.32 Å². The van der Waals surface area contributed by atoms with E-state index in [1.54, 1.807) is 13.3 Å². The molecule has 0 amide bonds. The lowest BCUT2D eigenvalue weighted by molar-refractivity contribution is -0.149. The van der Waals surface area contributed by atoms with E-state index < -0.39 is 0 Å². The Labute approximate surface area is 173 Å². The van der Waals surface area contributed by atoms with E-state index in [-0.39, 0.29) is 41.9 Å². The van der Waals surface area contributed by atoms with Crippen molar-refractivity contribution in [2.45, 2.75) is 25.8 Å². The number of nitrogens with zero attached hydrogens (tertiary/aromatic N) is 3. The Bertz CT molecular complexity index is 563. The summed E-state index contributed by atoms with van der Waals surface area (Å²) >= 11 is 0. The Kier molecular flexibility index (Phi) is 10.0. The Morgan fingerprint density at radius 2 is 2.31 bits per heavy atom. The van der Waals surface area contributed by atoms with Crippen molar-refractivity contribution in [2.75, 3.05) is 47.4 Å².